The molecule has 1 N–H and O–H groups in total. The molecule has 0 aliphatic carbocycles. The lowest BCUT2D eigenvalue weighted by Gasteiger charge is -2.32. The highest BCUT2D eigenvalue weighted by Gasteiger charge is 2.33. The van der Waals surface area contributed by atoms with Gasteiger partial charge in [-0.3, -0.25) is 24.0 Å². The molecule has 13 heteroatoms. The number of rotatable bonds is 14. The van der Waals surface area contributed by atoms with Gasteiger partial charge < -0.3 is 19.7 Å². The maximum Gasteiger partial charge on any atom is 0.273 e. The zero-order valence-corrected chi connectivity index (χ0v) is 25.6. The summed E-state index contributed by atoms with van der Waals surface area (Å²) >= 11 is 0. The van der Waals surface area contributed by atoms with Gasteiger partial charge in [0, 0.05) is 24.7 Å². The Morgan fingerprint density at radius 1 is 1.00 bits per heavy atom. The summed E-state index contributed by atoms with van der Waals surface area (Å²) in [4.78, 5) is 38.9. The minimum atomic E-state index is -4.50. The minimum absolute atomic E-state index is 0.0107. The van der Waals surface area contributed by atoms with Crippen LogP contribution >= 0.6 is 0 Å². The Kier molecular flexibility index (Phi) is 11.1. The van der Waals surface area contributed by atoms with E-state index in [-0.39, 0.29) is 28.4 Å². The van der Waals surface area contributed by atoms with Crippen LogP contribution in [0.4, 0.5) is 11.4 Å². The molecule has 2 amide bonds. The molecule has 0 aliphatic heterocycles. The maximum atomic E-state index is 14.0. The van der Waals surface area contributed by atoms with E-state index in [1.165, 1.54) is 62.4 Å². The van der Waals surface area contributed by atoms with Gasteiger partial charge in [0.2, 0.25) is 11.8 Å². The molecule has 3 rings (SSSR count). The second-order valence-corrected chi connectivity index (χ2v) is 11.6. The van der Waals surface area contributed by atoms with Crippen LogP contribution in [0.25, 0.3) is 0 Å². The van der Waals surface area contributed by atoms with Crippen LogP contribution < -0.4 is 19.1 Å². The van der Waals surface area contributed by atoms with Crippen LogP contribution in [-0.4, -0.2) is 63.4 Å². The summed E-state index contributed by atoms with van der Waals surface area (Å²) in [5.41, 5.74) is 0.702. The molecule has 0 bridgehead atoms. The zero-order valence-electron chi connectivity index (χ0n) is 24.8. The number of aryl methyl sites for hydroxylation is 1. The highest BCUT2D eigenvalue weighted by Crippen LogP contribution is 2.29. The second kappa shape index (κ2) is 14.5. The summed E-state index contributed by atoms with van der Waals surface area (Å²) in [7, 11) is -1.53. The third-order valence-electron chi connectivity index (χ3n) is 6.81. The number of carbonyl (C=O) groups excluding carboxylic acids is 2. The Balaban J connectivity index is 2.09. The number of anilines is 1. The molecular weight excluding hydrogens is 576 g/mol. The number of nitro groups is 1. The number of amides is 2. The molecule has 0 saturated heterocycles. The Bertz CT molecular complexity index is 1560. The number of hydrogen-bond acceptors (Lipinski definition) is 8. The highest BCUT2D eigenvalue weighted by atomic mass is 32.2. The number of nitrogens with zero attached hydrogens (tertiary/aromatic N) is 3. The Hall–Kier alpha value is -4.65. The lowest BCUT2D eigenvalue weighted by molar-refractivity contribution is -0.385. The molecule has 3 aromatic rings. The second-order valence-electron chi connectivity index (χ2n) is 9.76. The highest BCUT2D eigenvalue weighted by molar-refractivity contribution is 7.92. The number of methoxy groups -OCH3 is 2. The fourth-order valence-corrected chi connectivity index (χ4v) is 5.73. The quantitative estimate of drug-likeness (QED) is 0.212. The standard InChI is InChI=1S/C30H36N4O8S/c1-6-16-31-30(36)22(3)32(19-23-8-7-9-26(17-23)42-5)29(35)20-33(24-11-13-25(41-4)14-12-24)43(39,40)27-15-10-21(2)28(18-27)34(37)38/h7-15,17-18,22H,6,16,19-20H2,1-5H3,(H,31,36)/t22-/m0/s1. The molecule has 0 unspecified atom stereocenters. The van der Waals surface area contributed by atoms with Gasteiger partial charge in [-0.05, 0) is 68.3 Å². The molecule has 43 heavy (non-hydrogen) atoms. The number of benzene rings is 3. The van der Waals surface area contributed by atoms with Gasteiger partial charge in [0.25, 0.3) is 15.7 Å². The van der Waals surface area contributed by atoms with Crippen molar-refractivity contribution < 1.29 is 32.4 Å². The molecule has 0 aromatic heterocycles. The number of nitro benzene ring substituents is 1. The van der Waals surface area contributed by atoms with Crippen LogP contribution in [0.1, 0.15) is 31.4 Å². The van der Waals surface area contributed by atoms with Crippen LogP contribution in [0.5, 0.6) is 11.5 Å². The van der Waals surface area contributed by atoms with E-state index in [2.05, 4.69) is 5.32 Å². The van der Waals surface area contributed by atoms with Crippen molar-refractivity contribution in [1.82, 2.24) is 10.2 Å². The first-order chi connectivity index (χ1) is 20.4. The van der Waals surface area contributed by atoms with Gasteiger partial charge in [-0.2, -0.15) is 0 Å². The van der Waals surface area contributed by atoms with Gasteiger partial charge in [0.15, 0.2) is 0 Å². The SMILES string of the molecule is CCCNC(=O)[C@H](C)N(Cc1cccc(OC)c1)C(=O)CN(c1ccc(OC)cc1)S(=O)(=O)c1ccc(C)c([N+](=O)[O-])c1. The molecule has 0 aliphatic rings. The number of ether oxygens (including phenoxy) is 2. The van der Waals surface area contributed by atoms with E-state index in [1.807, 2.05) is 6.92 Å². The molecule has 0 fully saturated rings. The van der Waals surface area contributed by atoms with Gasteiger partial charge in [-0.15, -0.1) is 0 Å². The van der Waals surface area contributed by atoms with Crippen molar-refractivity contribution in [2.24, 2.45) is 0 Å². The average Bonchev–Trinajstić information content (AvgIpc) is 3.00. The number of hydrogen-bond donors (Lipinski definition) is 1. The lowest BCUT2D eigenvalue weighted by Crippen LogP contribution is -2.51. The van der Waals surface area contributed by atoms with Gasteiger partial charge >= 0.3 is 0 Å². The van der Waals surface area contributed by atoms with E-state index in [0.717, 1.165) is 10.4 Å². The van der Waals surface area contributed by atoms with Crippen molar-refractivity contribution in [3.63, 3.8) is 0 Å². The number of carbonyl (C=O) groups is 2. The Morgan fingerprint density at radius 2 is 1.67 bits per heavy atom. The molecule has 1 atom stereocenters. The smallest absolute Gasteiger partial charge is 0.273 e. The van der Waals surface area contributed by atoms with Crippen molar-refractivity contribution in [2.45, 2.75) is 44.7 Å². The first-order valence-corrected chi connectivity index (χ1v) is 15.0. The van der Waals surface area contributed by atoms with Crippen molar-refractivity contribution in [3.05, 3.63) is 88.0 Å². The van der Waals surface area contributed by atoms with Crippen LogP contribution in [0.2, 0.25) is 0 Å². The van der Waals surface area contributed by atoms with Gasteiger partial charge in [0.05, 0.1) is 29.7 Å². The summed E-state index contributed by atoms with van der Waals surface area (Å²) in [6, 6.07) is 15.6. The third kappa shape index (κ3) is 8.01. The van der Waals surface area contributed by atoms with Gasteiger partial charge in [-0.25, -0.2) is 8.42 Å². The summed E-state index contributed by atoms with van der Waals surface area (Å²) in [5, 5.41) is 14.4. The predicted octanol–water partition coefficient (Wildman–Crippen LogP) is 4.06. The molecule has 0 saturated carbocycles. The number of sulfonamides is 1. The van der Waals surface area contributed by atoms with Crippen LogP contribution in [0, 0.1) is 17.0 Å². The minimum Gasteiger partial charge on any atom is -0.497 e. The summed E-state index contributed by atoms with van der Waals surface area (Å²) in [6.45, 7) is 4.67. The van der Waals surface area contributed by atoms with Crippen LogP contribution in [0.15, 0.2) is 71.6 Å². The fourth-order valence-electron chi connectivity index (χ4n) is 4.30. The van der Waals surface area contributed by atoms with E-state index < -0.39 is 39.3 Å². The van der Waals surface area contributed by atoms with Crippen LogP contribution in [0.3, 0.4) is 0 Å². The van der Waals surface area contributed by atoms with E-state index >= 15 is 0 Å². The van der Waals surface area contributed by atoms with Crippen molar-refractivity contribution in [3.8, 4) is 11.5 Å². The summed E-state index contributed by atoms with van der Waals surface area (Å²) < 4.78 is 39.4. The Labute approximate surface area is 251 Å². The molecule has 230 valence electrons. The van der Waals surface area contributed by atoms with E-state index in [1.54, 1.807) is 31.2 Å². The Morgan fingerprint density at radius 3 is 2.28 bits per heavy atom. The molecule has 0 heterocycles. The zero-order chi connectivity index (χ0) is 31.7. The molecular formula is C30H36N4O8S. The van der Waals surface area contributed by atoms with E-state index in [9.17, 15) is 28.1 Å². The normalized spacial score (nSPS) is 11.7. The van der Waals surface area contributed by atoms with Crippen molar-refractivity contribution in [1.29, 1.82) is 0 Å². The van der Waals surface area contributed by atoms with E-state index in [0.29, 0.717) is 30.0 Å². The summed E-state index contributed by atoms with van der Waals surface area (Å²) in [6.07, 6.45) is 0.689. The largest absolute Gasteiger partial charge is 0.497 e. The van der Waals surface area contributed by atoms with Gasteiger partial charge in [-0.1, -0.05) is 25.1 Å². The molecule has 0 spiro atoms. The predicted molar refractivity (Wildman–Crippen MR) is 162 cm³/mol. The van der Waals surface area contributed by atoms with Crippen molar-refractivity contribution >= 4 is 33.2 Å². The first kappa shape index (κ1) is 32.9. The maximum absolute atomic E-state index is 14.0. The van der Waals surface area contributed by atoms with E-state index in [4.69, 9.17) is 9.47 Å². The first-order valence-electron chi connectivity index (χ1n) is 13.5. The lowest BCUT2D eigenvalue weighted by atomic mass is 10.1. The topological polar surface area (TPSA) is 148 Å². The summed E-state index contributed by atoms with van der Waals surface area (Å²) in [5.74, 6) is -0.0512. The van der Waals surface area contributed by atoms with Crippen LogP contribution in [-0.2, 0) is 26.2 Å². The average molecular weight is 613 g/mol. The third-order valence-corrected chi connectivity index (χ3v) is 8.58. The van der Waals surface area contributed by atoms with Crippen molar-refractivity contribution in [2.75, 3.05) is 31.6 Å². The number of nitrogens with one attached hydrogen (secondary N) is 1. The molecule has 12 nitrogen and oxygen atoms in total. The van der Waals surface area contributed by atoms with Gasteiger partial charge in [0.1, 0.15) is 24.1 Å². The monoisotopic (exact) mass is 612 g/mol. The fraction of sp³-hybridized carbons (Fsp3) is 0.333. The molecule has 3 aromatic carbocycles. The molecule has 0 radical (unpaired) electrons.